The summed E-state index contributed by atoms with van der Waals surface area (Å²) in [7, 11) is 0. The molecule has 0 amide bonds. The second-order valence-electron chi connectivity index (χ2n) is 5.18. The Hall–Kier alpha value is -1.23. The first-order valence-corrected chi connectivity index (χ1v) is 8.04. The zero-order chi connectivity index (χ0) is 13.6. The van der Waals surface area contributed by atoms with Gasteiger partial charge in [0.05, 0.1) is 19.3 Å². The van der Waals surface area contributed by atoms with Crippen molar-refractivity contribution in [1.29, 1.82) is 0 Å². The Kier molecular flexibility index (Phi) is 4.79. The molecule has 2 heterocycles. The third-order valence-corrected chi connectivity index (χ3v) is 4.43. The first kappa shape index (κ1) is 13.7. The van der Waals surface area contributed by atoms with Gasteiger partial charge in [0.1, 0.15) is 5.01 Å². The average molecular weight is 288 g/mol. The van der Waals surface area contributed by atoms with Gasteiger partial charge in [-0.15, -0.1) is 11.3 Å². The number of hydrogen-bond donors (Lipinski definition) is 0. The number of thiazole rings is 1. The van der Waals surface area contributed by atoms with Crippen LogP contribution in [0.3, 0.4) is 0 Å². The van der Waals surface area contributed by atoms with Crippen LogP contribution in [0, 0.1) is 0 Å². The van der Waals surface area contributed by atoms with Gasteiger partial charge in [0, 0.05) is 24.7 Å². The molecule has 4 heteroatoms. The largest absolute Gasteiger partial charge is 0.376 e. The Morgan fingerprint density at radius 2 is 2.20 bits per heavy atom. The van der Waals surface area contributed by atoms with Crippen LogP contribution in [0.15, 0.2) is 41.9 Å². The molecule has 1 aromatic heterocycles. The molecule has 1 fully saturated rings. The predicted molar refractivity (Wildman–Crippen MR) is 81.9 cm³/mol. The molecule has 0 radical (unpaired) electrons. The predicted octanol–water partition coefficient (Wildman–Crippen LogP) is 2.98. The first-order valence-electron chi connectivity index (χ1n) is 7.16. The van der Waals surface area contributed by atoms with E-state index in [4.69, 9.17) is 4.74 Å². The van der Waals surface area contributed by atoms with E-state index in [9.17, 15) is 0 Å². The van der Waals surface area contributed by atoms with Gasteiger partial charge in [0.15, 0.2) is 0 Å². The zero-order valence-electron chi connectivity index (χ0n) is 11.6. The lowest BCUT2D eigenvalue weighted by atomic mass is 10.1. The number of aryl methyl sites for hydroxylation is 1. The smallest absolute Gasteiger partial charge is 0.107 e. The van der Waals surface area contributed by atoms with Crippen LogP contribution in [0.4, 0.5) is 0 Å². The molecule has 3 nitrogen and oxygen atoms in total. The highest BCUT2D eigenvalue weighted by Gasteiger charge is 2.20. The maximum absolute atomic E-state index is 5.89. The molecule has 0 aliphatic carbocycles. The van der Waals surface area contributed by atoms with E-state index in [-0.39, 0.29) is 0 Å². The van der Waals surface area contributed by atoms with Crippen molar-refractivity contribution in [1.82, 2.24) is 9.88 Å². The van der Waals surface area contributed by atoms with E-state index in [1.807, 2.05) is 11.6 Å². The molecule has 0 saturated carbocycles. The van der Waals surface area contributed by atoms with E-state index in [1.165, 1.54) is 10.6 Å². The fourth-order valence-electron chi connectivity index (χ4n) is 2.59. The van der Waals surface area contributed by atoms with Crippen LogP contribution in [0.5, 0.6) is 0 Å². The van der Waals surface area contributed by atoms with Crippen LogP contribution in [0.1, 0.15) is 17.0 Å². The summed E-state index contributed by atoms with van der Waals surface area (Å²) < 4.78 is 5.89. The van der Waals surface area contributed by atoms with Crippen LogP contribution in [0.2, 0.25) is 0 Å². The fraction of sp³-hybridized carbons (Fsp3) is 0.438. The van der Waals surface area contributed by atoms with Gasteiger partial charge >= 0.3 is 0 Å². The normalized spacial score (nSPS) is 20.1. The second-order valence-corrected chi connectivity index (χ2v) is 6.16. The van der Waals surface area contributed by atoms with E-state index in [0.29, 0.717) is 6.10 Å². The summed E-state index contributed by atoms with van der Waals surface area (Å²) >= 11 is 1.73. The van der Waals surface area contributed by atoms with Crippen LogP contribution >= 0.6 is 11.3 Å². The lowest BCUT2D eigenvalue weighted by Gasteiger charge is -2.32. The second kappa shape index (κ2) is 6.97. The lowest BCUT2D eigenvalue weighted by molar-refractivity contribution is -0.0345. The van der Waals surface area contributed by atoms with Crippen LogP contribution in [-0.2, 0) is 17.7 Å². The minimum atomic E-state index is 0.351. The molecule has 1 aliphatic rings. The molecule has 2 aromatic rings. The number of morpholine rings is 1. The number of benzene rings is 1. The minimum absolute atomic E-state index is 0.351. The summed E-state index contributed by atoms with van der Waals surface area (Å²) in [5.41, 5.74) is 1.40. The van der Waals surface area contributed by atoms with Gasteiger partial charge in [0.2, 0.25) is 0 Å². The van der Waals surface area contributed by atoms with Crippen molar-refractivity contribution in [3.63, 3.8) is 0 Å². The molecule has 106 valence electrons. The molecule has 1 unspecified atom stereocenters. The monoisotopic (exact) mass is 288 g/mol. The van der Waals surface area contributed by atoms with E-state index >= 15 is 0 Å². The average Bonchev–Trinajstić information content (AvgIpc) is 3.00. The number of hydrogen-bond acceptors (Lipinski definition) is 4. The summed E-state index contributed by atoms with van der Waals surface area (Å²) in [5, 5.41) is 3.25. The van der Waals surface area contributed by atoms with Crippen molar-refractivity contribution in [3.8, 4) is 0 Å². The maximum atomic E-state index is 5.89. The van der Waals surface area contributed by atoms with Gasteiger partial charge < -0.3 is 4.74 Å². The molecule has 1 atom stereocenters. The Balaban J connectivity index is 1.48. The standard InChI is InChI=1S/C16H20N2OS/c1-2-4-14(5-3-1)6-7-15-12-18(9-10-19-15)13-16-17-8-11-20-16/h1-5,8,11,15H,6-7,9-10,12-13H2. The Morgan fingerprint density at radius 3 is 3.00 bits per heavy atom. The molecule has 1 aromatic carbocycles. The Labute approximate surface area is 124 Å². The maximum Gasteiger partial charge on any atom is 0.107 e. The van der Waals surface area contributed by atoms with Crippen LogP contribution in [-0.4, -0.2) is 35.7 Å². The molecule has 0 N–H and O–H groups in total. The van der Waals surface area contributed by atoms with Crippen LogP contribution < -0.4 is 0 Å². The lowest BCUT2D eigenvalue weighted by Crippen LogP contribution is -2.42. The molecular weight excluding hydrogens is 268 g/mol. The van der Waals surface area contributed by atoms with E-state index in [2.05, 4.69) is 40.2 Å². The zero-order valence-corrected chi connectivity index (χ0v) is 12.4. The summed E-state index contributed by atoms with van der Waals surface area (Å²) in [5.74, 6) is 0. The molecule has 20 heavy (non-hydrogen) atoms. The Bertz CT molecular complexity index is 500. The Morgan fingerprint density at radius 1 is 1.30 bits per heavy atom. The molecule has 3 rings (SSSR count). The SMILES string of the molecule is c1ccc(CCC2CN(Cc3nccs3)CCO2)cc1. The van der Waals surface area contributed by atoms with Gasteiger partial charge in [-0.3, -0.25) is 4.90 Å². The van der Waals surface area contributed by atoms with Crippen molar-refractivity contribution in [2.45, 2.75) is 25.5 Å². The molecule has 0 bridgehead atoms. The third-order valence-electron chi connectivity index (χ3n) is 3.66. The van der Waals surface area contributed by atoms with Gasteiger partial charge in [-0.05, 0) is 18.4 Å². The van der Waals surface area contributed by atoms with Gasteiger partial charge in [0.25, 0.3) is 0 Å². The van der Waals surface area contributed by atoms with Crippen molar-refractivity contribution >= 4 is 11.3 Å². The van der Waals surface area contributed by atoms with Crippen LogP contribution in [0.25, 0.3) is 0 Å². The molecule has 0 spiro atoms. The molecule has 1 saturated heterocycles. The van der Waals surface area contributed by atoms with Crippen molar-refractivity contribution in [2.24, 2.45) is 0 Å². The highest BCUT2D eigenvalue weighted by molar-refractivity contribution is 7.09. The quantitative estimate of drug-likeness (QED) is 0.846. The first-order chi connectivity index (χ1) is 9.90. The summed E-state index contributed by atoms with van der Waals surface area (Å²) in [6, 6.07) is 10.7. The topological polar surface area (TPSA) is 25.4 Å². The van der Waals surface area contributed by atoms with E-state index in [1.54, 1.807) is 11.3 Å². The van der Waals surface area contributed by atoms with Crippen molar-refractivity contribution < 1.29 is 4.74 Å². The van der Waals surface area contributed by atoms with E-state index < -0.39 is 0 Å². The number of rotatable bonds is 5. The summed E-state index contributed by atoms with van der Waals surface area (Å²) in [6.45, 7) is 3.83. The summed E-state index contributed by atoms with van der Waals surface area (Å²) in [4.78, 5) is 6.82. The third kappa shape index (κ3) is 3.88. The summed E-state index contributed by atoms with van der Waals surface area (Å²) in [6.07, 6.45) is 4.42. The van der Waals surface area contributed by atoms with Crippen molar-refractivity contribution in [3.05, 3.63) is 52.5 Å². The highest BCUT2D eigenvalue weighted by Crippen LogP contribution is 2.15. The van der Waals surface area contributed by atoms with E-state index in [0.717, 1.165) is 39.1 Å². The number of ether oxygens (including phenoxy) is 1. The molecular formula is C16H20N2OS. The highest BCUT2D eigenvalue weighted by atomic mass is 32.1. The number of aromatic nitrogens is 1. The van der Waals surface area contributed by atoms with Gasteiger partial charge in [-0.25, -0.2) is 4.98 Å². The van der Waals surface area contributed by atoms with Crippen molar-refractivity contribution in [2.75, 3.05) is 19.7 Å². The van der Waals surface area contributed by atoms with Gasteiger partial charge in [-0.1, -0.05) is 30.3 Å². The fourth-order valence-corrected chi connectivity index (χ4v) is 3.25. The van der Waals surface area contributed by atoms with Gasteiger partial charge in [-0.2, -0.15) is 0 Å². The molecule has 1 aliphatic heterocycles. The minimum Gasteiger partial charge on any atom is -0.376 e. The number of nitrogens with zero attached hydrogens (tertiary/aromatic N) is 2.